The highest BCUT2D eigenvalue weighted by molar-refractivity contribution is 9.09. The highest BCUT2D eigenvalue weighted by Crippen LogP contribution is 2.37. The van der Waals surface area contributed by atoms with Crippen molar-refractivity contribution < 1.29 is 9.47 Å². The summed E-state index contributed by atoms with van der Waals surface area (Å²) < 4.78 is 11.8. The Bertz CT molecular complexity index is 244. The molecule has 100 valence electrons. The SMILES string of the molecule is CC1CCC(C(C)C)C(OC2COCC2Br)C1. The summed E-state index contributed by atoms with van der Waals surface area (Å²) in [5, 5.41) is 0. The van der Waals surface area contributed by atoms with Gasteiger partial charge in [0.15, 0.2) is 0 Å². The van der Waals surface area contributed by atoms with Crippen LogP contribution in [-0.4, -0.2) is 30.2 Å². The molecule has 0 spiro atoms. The summed E-state index contributed by atoms with van der Waals surface area (Å²) in [5.74, 6) is 2.26. The van der Waals surface area contributed by atoms with E-state index in [1.165, 1.54) is 19.3 Å². The summed E-state index contributed by atoms with van der Waals surface area (Å²) in [6.07, 6.45) is 4.60. The highest BCUT2D eigenvalue weighted by Gasteiger charge is 2.36. The molecule has 17 heavy (non-hydrogen) atoms. The van der Waals surface area contributed by atoms with Gasteiger partial charge in [0, 0.05) is 0 Å². The summed E-state index contributed by atoms with van der Waals surface area (Å²) in [6, 6.07) is 0. The fourth-order valence-corrected chi connectivity index (χ4v) is 3.59. The maximum absolute atomic E-state index is 6.34. The number of rotatable bonds is 3. The minimum absolute atomic E-state index is 0.256. The smallest absolute Gasteiger partial charge is 0.0959 e. The van der Waals surface area contributed by atoms with Gasteiger partial charge in [-0.1, -0.05) is 43.1 Å². The Hall–Kier alpha value is 0.400. The molecule has 1 aliphatic heterocycles. The Labute approximate surface area is 114 Å². The van der Waals surface area contributed by atoms with Crippen molar-refractivity contribution in [3.8, 4) is 0 Å². The van der Waals surface area contributed by atoms with Gasteiger partial charge in [-0.2, -0.15) is 0 Å². The Morgan fingerprint density at radius 1 is 1.18 bits per heavy atom. The first-order chi connectivity index (χ1) is 8.08. The third kappa shape index (κ3) is 3.45. The maximum atomic E-state index is 6.34. The Morgan fingerprint density at radius 3 is 2.53 bits per heavy atom. The van der Waals surface area contributed by atoms with Crippen molar-refractivity contribution in [1.82, 2.24) is 0 Å². The first-order valence-electron chi connectivity index (χ1n) is 6.95. The zero-order valence-electron chi connectivity index (χ0n) is 11.2. The van der Waals surface area contributed by atoms with E-state index in [0.717, 1.165) is 31.0 Å². The van der Waals surface area contributed by atoms with Gasteiger partial charge in [-0.25, -0.2) is 0 Å². The van der Waals surface area contributed by atoms with Crippen molar-refractivity contribution >= 4 is 15.9 Å². The molecule has 2 aliphatic rings. The molecule has 0 amide bonds. The molecule has 0 aromatic heterocycles. The van der Waals surface area contributed by atoms with Crippen LogP contribution in [-0.2, 0) is 9.47 Å². The first-order valence-corrected chi connectivity index (χ1v) is 7.86. The van der Waals surface area contributed by atoms with Crippen molar-refractivity contribution in [2.45, 2.75) is 57.1 Å². The molecule has 5 atom stereocenters. The molecular formula is C14H25BrO2. The van der Waals surface area contributed by atoms with E-state index < -0.39 is 0 Å². The minimum atomic E-state index is 0.256. The fraction of sp³-hybridized carbons (Fsp3) is 1.00. The van der Waals surface area contributed by atoms with Crippen LogP contribution in [0.5, 0.6) is 0 Å². The van der Waals surface area contributed by atoms with E-state index in [2.05, 4.69) is 36.7 Å². The Morgan fingerprint density at radius 2 is 1.94 bits per heavy atom. The Balaban J connectivity index is 1.94. The molecule has 0 aromatic carbocycles. The summed E-state index contributed by atoms with van der Waals surface area (Å²) in [4.78, 5) is 0.382. The molecule has 1 aliphatic carbocycles. The minimum Gasteiger partial charge on any atom is -0.377 e. The zero-order valence-corrected chi connectivity index (χ0v) is 12.8. The van der Waals surface area contributed by atoms with E-state index in [1.807, 2.05) is 0 Å². The second kappa shape index (κ2) is 6.03. The van der Waals surface area contributed by atoms with E-state index in [4.69, 9.17) is 9.47 Å². The highest BCUT2D eigenvalue weighted by atomic mass is 79.9. The van der Waals surface area contributed by atoms with Gasteiger partial charge in [0.1, 0.15) is 0 Å². The number of hydrogen-bond acceptors (Lipinski definition) is 2. The summed E-state index contributed by atoms with van der Waals surface area (Å²) in [6.45, 7) is 8.55. The summed E-state index contributed by atoms with van der Waals surface area (Å²) >= 11 is 3.65. The number of halogens is 1. The molecule has 0 bridgehead atoms. The molecule has 1 heterocycles. The van der Waals surface area contributed by atoms with Crippen molar-refractivity contribution in [1.29, 1.82) is 0 Å². The fourth-order valence-electron chi connectivity index (χ4n) is 3.13. The van der Waals surface area contributed by atoms with Crippen LogP contribution in [0.4, 0.5) is 0 Å². The average molecular weight is 305 g/mol. The lowest BCUT2D eigenvalue weighted by molar-refractivity contribution is -0.0787. The quantitative estimate of drug-likeness (QED) is 0.741. The largest absolute Gasteiger partial charge is 0.377 e. The van der Waals surface area contributed by atoms with Gasteiger partial charge in [0.05, 0.1) is 30.2 Å². The van der Waals surface area contributed by atoms with Gasteiger partial charge in [0.2, 0.25) is 0 Å². The average Bonchev–Trinajstić information content (AvgIpc) is 2.64. The topological polar surface area (TPSA) is 18.5 Å². The maximum Gasteiger partial charge on any atom is 0.0959 e. The van der Waals surface area contributed by atoms with Crippen molar-refractivity contribution in [3.63, 3.8) is 0 Å². The second-order valence-electron chi connectivity index (χ2n) is 6.09. The third-order valence-corrected chi connectivity index (χ3v) is 5.13. The lowest BCUT2D eigenvalue weighted by Gasteiger charge is -2.38. The Kier molecular flexibility index (Phi) is 4.90. The van der Waals surface area contributed by atoms with Gasteiger partial charge in [-0.3, -0.25) is 0 Å². The van der Waals surface area contributed by atoms with Crippen LogP contribution in [0.15, 0.2) is 0 Å². The van der Waals surface area contributed by atoms with Gasteiger partial charge in [0.25, 0.3) is 0 Å². The van der Waals surface area contributed by atoms with E-state index in [9.17, 15) is 0 Å². The van der Waals surface area contributed by atoms with Crippen LogP contribution in [0.25, 0.3) is 0 Å². The molecule has 1 saturated heterocycles. The molecule has 2 nitrogen and oxygen atoms in total. The van der Waals surface area contributed by atoms with E-state index in [1.54, 1.807) is 0 Å². The van der Waals surface area contributed by atoms with Crippen LogP contribution in [0, 0.1) is 17.8 Å². The lowest BCUT2D eigenvalue weighted by atomic mass is 9.75. The van der Waals surface area contributed by atoms with Crippen LogP contribution in [0.3, 0.4) is 0 Å². The molecule has 0 aromatic rings. The van der Waals surface area contributed by atoms with E-state index in [0.29, 0.717) is 10.9 Å². The molecule has 0 N–H and O–H groups in total. The predicted octanol–water partition coefficient (Wildman–Crippen LogP) is 3.63. The van der Waals surface area contributed by atoms with Crippen molar-refractivity contribution in [2.24, 2.45) is 17.8 Å². The number of alkyl halides is 1. The van der Waals surface area contributed by atoms with E-state index in [-0.39, 0.29) is 6.10 Å². The lowest BCUT2D eigenvalue weighted by Crippen LogP contribution is -2.39. The van der Waals surface area contributed by atoms with Crippen molar-refractivity contribution in [2.75, 3.05) is 13.2 Å². The summed E-state index contributed by atoms with van der Waals surface area (Å²) in [7, 11) is 0. The molecule has 2 fully saturated rings. The standard InChI is InChI=1S/C14H25BrO2/c1-9(2)11-5-4-10(3)6-13(11)17-14-8-16-7-12(14)15/h9-14H,4-8H2,1-3H3. The van der Waals surface area contributed by atoms with Crippen molar-refractivity contribution in [3.05, 3.63) is 0 Å². The summed E-state index contributed by atoms with van der Waals surface area (Å²) in [5.41, 5.74) is 0. The molecule has 2 rings (SSSR count). The van der Waals surface area contributed by atoms with Crippen LogP contribution < -0.4 is 0 Å². The molecule has 3 heteroatoms. The van der Waals surface area contributed by atoms with Gasteiger partial charge in [-0.05, 0) is 30.6 Å². The number of hydrogen-bond donors (Lipinski definition) is 0. The normalized spacial score (nSPS) is 43.2. The van der Waals surface area contributed by atoms with Crippen LogP contribution in [0.1, 0.15) is 40.0 Å². The van der Waals surface area contributed by atoms with Gasteiger partial charge >= 0.3 is 0 Å². The third-order valence-electron chi connectivity index (χ3n) is 4.27. The molecule has 5 unspecified atom stereocenters. The van der Waals surface area contributed by atoms with Crippen LogP contribution >= 0.6 is 15.9 Å². The monoisotopic (exact) mass is 304 g/mol. The van der Waals surface area contributed by atoms with Crippen LogP contribution in [0.2, 0.25) is 0 Å². The predicted molar refractivity (Wildman–Crippen MR) is 73.5 cm³/mol. The zero-order chi connectivity index (χ0) is 12.4. The first kappa shape index (κ1) is 13.8. The van der Waals surface area contributed by atoms with Gasteiger partial charge in [-0.15, -0.1) is 0 Å². The number of ether oxygens (including phenoxy) is 2. The van der Waals surface area contributed by atoms with E-state index >= 15 is 0 Å². The second-order valence-corrected chi connectivity index (χ2v) is 7.27. The molecular weight excluding hydrogens is 280 g/mol. The van der Waals surface area contributed by atoms with Gasteiger partial charge < -0.3 is 9.47 Å². The molecule has 1 saturated carbocycles. The molecule has 0 radical (unpaired) electrons.